The molecule has 2 rings (SSSR count). The van der Waals surface area contributed by atoms with Crippen LogP contribution in [0.15, 0.2) is 22.7 Å². The van der Waals surface area contributed by atoms with Crippen molar-refractivity contribution < 1.29 is 8.42 Å². The van der Waals surface area contributed by atoms with E-state index in [9.17, 15) is 8.42 Å². The summed E-state index contributed by atoms with van der Waals surface area (Å²) in [5.41, 5.74) is 1.08. The monoisotopic (exact) mass is 351 g/mol. The summed E-state index contributed by atoms with van der Waals surface area (Å²) in [6, 6.07) is 5.71. The van der Waals surface area contributed by atoms with Gasteiger partial charge in [-0.2, -0.15) is 0 Å². The van der Waals surface area contributed by atoms with Crippen LogP contribution in [-0.2, 0) is 16.4 Å². The molecule has 1 saturated heterocycles. The molecular formula is C12H15BrClNO2S. The molecule has 1 fully saturated rings. The second kappa shape index (κ2) is 5.90. The molecule has 0 aromatic heterocycles. The Hall–Kier alpha value is -0.100. The van der Waals surface area contributed by atoms with Crippen LogP contribution >= 0.6 is 27.5 Å². The Labute approximate surface area is 121 Å². The number of hydrogen-bond donors (Lipinski definition) is 1. The molecule has 1 heterocycles. The van der Waals surface area contributed by atoms with Gasteiger partial charge in [0.25, 0.3) is 0 Å². The van der Waals surface area contributed by atoms with E-state index in [-0.39, 0.29) is 5.25 Å². The zero-order chi connectivity index (χ0) is 13.2. The van der Waals surface area contributed by atoms with Crippen LogP contribution in [0.25, 0.3) is 0 Å². The van der Waals surface area contributed by atoms with Gasteiger partial charge in [0.15, 0.2) is 9.84 Å². The molecule has 0 spiro atoms. The van der Waals surface area contributed by atoms with Crippen LogP contribution in [0.4, 0.5) is 0 Å². The van der Waals surface area contributed by atoms with E-state index in [1.165, 1.54) is 0 Å². The smallest absolute Gasteiger partial charge is 0.154 e. The number of benzene rings is 1. The Morgan fingerprint density at radius 1 is 1.44 bits per heavy atom. The number of sulfone groups is 1. The summed E-state index contributed by atoms with van der Waals surface area (Å²) in [4.78, 5) is 0. The quantitative estimate of drug-likeness (QED) is 0.906. The Morgan fingerprint density at radius 3 is 2.83 bits per heavy atom. The third kappa shape index (κ3) is 3.47. The van der Waals surface area contributed by atoms with E-state index in [4.69, 9.17) is 11.6 Å². The molecule has 1 aromatic carbocycles. The van der Waals surface area contributed by atoms with Crippen LogP contribution in [0.3, 0.4) is 0 Å². The van der Waals surface area contributed by atoms with Crippen LogP contribution in [-0.4, -0.2) is 26.0 Å². The number of halogens is 2. The van der Waals surface area contributed by atoms with E-state index in [1.54, 1.807) is 0 Å². The molecule has 1 aromatic rings. The van der Waals surface area contributed by atoms with Gasteiger partial charge in [-0.1, -0.05) is 17.7 Å². The first-order valence-electron chi connectivity index (χ1n) is 5.85. The van der Waals surface area contributed by atoms with Gasteiger partial charge in [-0.25, -0.2) is 8.42 Å². The summed E-state index contributed by atoms with van der Waals surface area (Å²) in [5.74, 6) is 0.339. The molecule has 1 atom stereocenters. The number of hydrogen-bond acceptors (Lipinski definition) is 3. The molecule has 0 aliphatic carbocycles. The fourth-order valence-corrected chi connectivity index (χ4v) is 4.46. The third-order valence-electron chi connectivity index (χ3n) is 3.15. The molecule has 18 heavy (non-hydrogen) atoms. The molecule has 0 bridgehead atoms. The van der Waals surface area contributed by atoms with Gasteiger partial charge in [0.2, 0.25) is 0 Å². The molecular weight excluding hydrogens is 338 g/mol. The SMILES string of the molecule is O=S1(=O)CCCC1CNCc1ccc(Cl)c(Br)c1. The maximum atomic E-state index is 11.6. The fraction of sp³-hybridized carbons (Fsp3) is 0.500. The van der Waals surface area contributed by atoms with Crippen molar-refractivity contribution in [1.29, 1.82) is 0 Å². The third-order valence-corrected chi connectivity index (χ3v) is 6.64. The van der Waals surface area contributed by atoms with Gasteiger partial charge in [0, 0.05) is 17.6 Å². The van der Waals surface area contributed by atoms with E-state index < -0.39 is 9.84 Å². The van der Waals surface area contributed by atoms with Crippen molar-refractivity contribution in [3.8, 4) is 0 Å². The van der Waals surface area contributed by atoms with Gasteiger partial charge in [-0.15, -0.1) is 0 Å². The van der Waals surface area contributed by atoms with Gasteiger partial charge in [0.1, 0.15) is 0 Å². The van der Waals surface area contributed by atoms with Crippen molar-refractivity contribution in [3.63, 3.8) is 0 Å². The van der Waals surface area contributed by atoms with E-state index >= 15 is 0 Å². The highest BCUT2D eigenvalue weighted by atomic mass is 79.9. The highest BCUT2D eigenvalue weighted by Crippen LogP contribution is 2.23. The van der Waals surface area contributed by atoms with E-state index in [1.807, 2.05) is 18.2 Å². The molecule has 1 N–H and O–H groups in total. The van der Waals surface area contributed by atoms with Crippen LogP contribution in [0.1, 0.15) is 18.4 Å². The van der Waals surface area contributed by atoms with Crippen LogP contribution in [0, 0.1) is 0 Å². The minimum Gasteiger partial charge on any atom is -0.311 e. The summed E-state index contributed by atoms with van der Waals surface area (Å²) in [7, 11) is -2.85. The van der Waals surface area contributed by atoms with Gasteiger partial charge in [-0.3, -0.25) is 0 Å². The minimum atomic E-state index is -2.85. The van der Waals surface area contributed by atoms with Crippen LogP contribution < -0.4 is 5.32 Å². The second-order valence-electron chi connectivity index (χ2n) is 4.51. The molecule has 6 heteroatoms. The second-order valence-corrected chi connectivity index (χ2v) is 8.17. The molecule has 100 valence electrons. The lowest BCUT2D eigenvalue weighted by atomic mass is 10.2. The maximum Gasteiger partial charge on any atom is 0.154 e. The molecule has 1 unspecified atom stereocenters. The van der Waals surface area contributed by atoms with Gasteiger partial charge < -0.3 is 5.32 Å². The number of nitrogens with one attached hydrogen (secondary N) is 1. The molecule has 0 amide bonds. The Balaban J connectivity index is 1.87. The highest BCUT2D eigenvalue weighted by molar-refractivity contribution is 9.10. The summed E-state index contributed by atoms with van der Waals surface area (Å²) in [5, 5.41) is 3.67. The summed E-state index contributed by atoms with van der Waals surface area (Å²) in [6.45, 7) is 1.18. The summed E-state index contributed by atoms with van der Waals surface area (Å²) < 4.78 is 24.1. The van der Waals surface area contributed by atoms with E-state index in [0.29, 0.717) is 23.9 Å². The van der Waals surface area contributed by atoms with Gasteiger partial charge >= 0.3 is 0 Å². The molecule has 3 nitrogen and oxygen atoms in total. The highest BCUT2D eigenvalue weighted by Gasteiger charge is 2.30. The predicted molar refractivity (Wildman–Crippen MR) is 77.7 cm³/mol. The maximum absolute atomic E-state index is 11.6. The first-order chi connectivity index (χ1) is 8.49. The zero-order valence-corrected chi connectivity index (χ0v) is 13.0. The summed E-state index contributed by atoms with van der Waals surface area (Å²) in [6.07, 6.45) is 1.57. The molecule has 0 radical (unpaired) electrons. The van der Waals surface area contributed by atoms with Crippen LogP contribution in [0.2, 0.25) is 5.02 Å². The fourth-order valence-electron chi connectivity index (χ4n) is 2.11. The van der Waals surface area contributed by atoms with Gasteiger partial charge in [-0.05, 0) is 46.5 Å². The zero-order valence-electron chi connectivity index (χ0n) is 9.83. The van der Waals surface area contributed by atoms with Crippen LogP contribution in [0.5, 0.6) is 0 Å². The summed E-state index contributed by atoms with van der Waals surface area (Å²) >= 11 is 9.28. The first kappa shape index (κ1) is 14.3. The molecule has 1 aliphatic rings. The predicted octanol–water partition coefficient (Wildman–Crippen LogP) is 2.77. The largest absolute Gasteiger partial charge is 0.311 e. The van der Waals surface area contributed by atoms with Crippen molar-refractivity contribution in [2.24, 2.45) is 0 Å². The van der Waals surface area contributed by atoms with Gasteiger partial charge in [0.05, 0.1) is 16.0 Å². The van der Waals surface area contributed by atoms with E-state index in [0.717, 1.165) is 22.9 Å². The normalized spacial score (nSPS) is 22.2. The van der Waals surface area contributed by atoms with Crippen molar-refractivity contribution in [1.82, 2.24) is 5.32 Å². The lowest BCUT2D eigenvalue weighted by molar-refractivity contribution is 0.574. The lowest BCUT2D eigenvalue weighted by Gasteiger charge is -2.11. The van der Waals surface area contributed by atoms with Crippen molar-refractivity contribution in [2.75, 3.05) is 12.3 Å². The first-order valence-corrected chi connectivity index (χ1v) is 8.74. The Bertz CT molecular complexity index is 533. The Morgan fingerprint density at radius 2 is 2.22 bits per heavy atom. The lowest BCUT2D eigenvalue weighted by Crippen LogP contribution is -2.30. The molecule has 1 aliphatic heterocycles. The average Bonchev–Trinajstić information content (AvgIpc) is 2.63. The number of rotatable bonds is 4. The molecule has 0 saturated carbocycles. The Kier molecular flexibility index (Phi) is 4.69. The average molecular weight is 353 g/mol. The van der Waals surface area contributed by atoms with E-state index in [2.05, 4.69) is 21.2 Å². The van der Waals surface area contributed by atoms with Crippen molar-refractivity contribution in [2.45, 2.75) is 24.6 Å². The standard InChI is InChI=1S/C12H15BrClNO2S/c13-11-6-9(3-4-12(11)14)7-15-8-10-2-1-5-18(10,16)17/h3-4,6,10,15H,1-2,5,7-8H2. The minimum absolute atomic E-state index is 0.215. The van der Waals surface area contributed by atoms with Crippen molar-refractivity contribution >= 4 is 37.4 Å². The van der Waals surface area contributed by atoms with Crippen molar-refractivity contribution in [3.05, 3.63) is 33.3 Å². The topological polar surface area (TPSA) is 46.2 Å².